The standard InChI is InChI=1S/C14H22N4O/c1-12-8-15-18(9-12)10-13-4-2-5-17(13)11-14(19)16-6-3-7-16/h8-9,13H,2-7,10-11H2,1H3/t13-/m1/s1. The summed E-state index contributed by atoms with van der Waals surface area (Å²) in [6.45, 7) is 6.51. The Bertz CT molecular complexity index is 452. The first-order valence-corrected chi connectivity index (χ1v) is 7.23. The molecule has 0 bridgehead atoms. The average molecular weight is 262 g/mol. The summed E-state index contributed by atoms with van der Waals surface area (Å²) in [6.07, 6.45) is 7.50. The molecule has 2 aliphatic rings. The van der Waals surface area contributed by atoms with E-state index in [0.29, 0.717) is 18.5 Å². The van der Waals surface area contributed by atoms with Crippen LogP contribution in [0.2, 0.25) is 0 Å². The number of rotatable bonds is 4. The highest BCUT2D eigenvalue weighted by molar-refractivity contribution is 5.79. The third-order valence-corrected chi connectivity index (χ3v) is 4.21. The van der Waals surface area contributed by atoms with Gasteiger partial charge in [0.05, 0.1) is 19.3 Å². The van der Waals surface area contributed by atoms with E-state index in [1.807, 2.05) is 15.8 Å². The highest BCUT2D eigenvalue weighted by atomic mass is 16.2. The molecule has 0 N–H and O–H groups in total. The Balaban J connectivity index is 1.56. The zero-order valence-electron chi connectivity index (χ0n) is 11.6. The van der Waals surface area contributed by atoms with E-state index >= 15 is 0 Å². The van der Waals surface area contributed by atoms with Crippen molar-refractivity contribution >= 4 is 5.91 Å². The van der Waals surface area contributed by atoms with Crippen molar-refractivity contribution in [2.75, 3.05) is 26.2 Å². The van der Waals surface area contributed by atoms with E-state index in [1.54, 1.807) is 0 Å². The van der Waals surface area contributed by atoms with Gasteiger partial charge in [-0.15, -0.1) is 0 Å². The summed E-state index contributed by atoms with van der Waals surface area (Å²) in [5, 5.41) is 4.35. The average Bonchev–Trinajstić information content (AvgIpc) is 2.87. The lowest BCUT2D eigenvalue weighted by Crippen LogP contribution is -2.48. The summed E-state index contributed by atoms with van der Waals surface area (Å²) in [5.74, 6) is 0.301. The van der Waals surface area contributed by atoms with Gasteiger partial charge in [-0.05, 0) is 38.3 Å². The van der Waals surface area contributed by atoms with Crippen LogP contribution in [-0.2, 0) is 11.3 Å². The van der Waals surface area contributed by atoms with E-state index in [-0.39, 0.29) is 0 Å². The van der Waals surface area contributed by atoms with Gasteiger partial charge in [0.2, 0.25) is 5.91 Å². The molecule has 0 saturated carbocycles. The SMILES string of the molecule is Cc1cnn(C[C@H]2CCCN2CC(=O)N2CCC2)c1. The van der Waals surface area contributed by atoms with Crippen molar-refractivity contribution in [2.45, 2.75) is 38.8 Å². The molecular formula is C14H22N4O. The number of hydrogen-bond acceptors (Lipinski definition) is 3. The third kappa shape index (κ3) is 2.81. The molecule has 0 spiro atoms. The molecule has 0 aromatic carbocycles. The first-order valence-electron chi connectivity index (χ1n) is 7.23. The monoisotopic (exact) mass is 262 g/mol. The molecular weight excluding hydrogens is 240 g/mol. The number of aromatic nitrogens is 2. The number of amides is 1. The molecule has 1 amide bonds. The molecule has 1 atom stereocenters. The lowest BCUT2D eigenvalue weighted by Gasteiger charge is -2.33. The van der Waals surface area contributed by atoms with Crippen molar-refractivity contribution in [1.29, 1.82) is 0 Å². The van der Waals surface area contributed by atoms with Crippen LogP contribution in [-0.4, -0.2) is 57.7 Å². The molecule has 3 rings (SSSR count). The molecule has 5 nitrogen and oxygen atoms in total. The fraction of sp³-hybridized carbons (Fsp3) is 0.714. The summed E-state index contributed by atoms with van der Waals surface area (Å²) in [7, 11) is 0. The lowest BCUT2D eigenvalue weighted by atomic mass is 10.2. The first-order chi connectivity index (χ1) is 9.22. The molecule has 0 radical (unpaired) electrons. The van der Waals surface area contributed by atoms with Gasteiger partial charge in [0.25, 0.3) is 0 Å². The van der Waals surface area contributed by atoms with Crippen LogP contribution >= 0.6 is 0 Å². The Hall–Kier alpha value is -1.36. The van der Waals surface area contributed by atoms with Crippen LogP contribution in [0.5, 0.6) is 0 Å². The van der Waals surface area contributed by atoms with Crippen molar-refractivity contribution in [3.8, 4) is 0 Å². The normalized spacial score (nSPS) is 23.6. The van der Waals surface area contributed by atoms with Crippen molar-refractivity contribution in [2.24, 2.45) is 0 Å². The van der Waals surface area contributed by atoms with Crippen molar-refractivity contribution in [1.82, 2.24) is 19.6 Å². The highest BCUT2D eigenvalue weighted by Gasteiger charge is 2.29. The highest BCUT2D eigenvalue weighted by Crippen LogP contribution is 2.19. The molecule has 0 aliphatic carbocycles. The van der Waals surface area contributed by atoms with Crippen LogP contribution < -0.4 is 0 Å². The third-order valence-electron chi connectivity index (χ3n) is 4.21. The summed E-state index contributed by atoms with van der Waals surface area (Å²) in [4.78, 5) is 16.3. The largest absolute Gasteiger partial charge is 0.341 e. The van der Waals surface area contributed by atoms with E-state index in [2.05, 4.69) is 23.1 Å². The van der Waals surface area contributed by atoms with Crippen LogP contribution in [0.15, 0.2) is 12.4 Å². The van der Waals surface area contributed by atoms with Gasteiger partial charge >= 0.3 is 0 Å². The van der Waals surface area contributed by atoms with Gasteiger partial charge < -0.3 is 4.90 Å². The predicted molar refractivity (Wildman–Crippen MR) is 72.8 cm³/mol. The van der Waals surface area contributed by atoms with Gasteiger partial charge in [0.15, 0.2) is 0 Å². The number of carbonyl (C=O) groups is 1. The lowest BCUT2D eigenvalue weighted by molar-refractivity contribution is -0.136. The number of aryl methyl sites for hydroxylation is 1. The maximum Gasteiger partial charge on any atom is 0.236 e. The summed E-state index contributed by atoms with van der Waals surface area (Å²) in [5.41, 5.74) is 1.20. The van der Waals surface area contributed by atoms with E-state index in [0.717, 1.165) is 26.2 Å². The Labute approximate surface area is 114 Å². The van der Waals surface area contributed by atoms with Gasteiger partial charge in [0, 0.05) is 25.3 Å². The number of hydrogen-bond donors (Lipinski definition) is 0. The Morgan fingerprint density at radius 3 is 2.84 bits per heavy atom. The van der Waals surface area contributed by atoms with Crippen LogP contribution in [0.3, 0.4) is 0 Å². The van der Waals surface area contributed by atoms with Crippen molar-refractivity contribution in [3.05, 3.63) is 18.0 Å². The molecule has 2 aliphatic heterocycles. The smallest absolute Gasteiger partial charge is 0.236 e. The second-order valence-electron chi connectivity index (χ2n) is 5.74. The van der Waals surface area contributed by atoms with Gasteiger partial charge in [0.1, 0.15) is 0 Å². The molecule has 5 heteroatoms. The topological polar surface area (TPSA) is 41.4 Å². The zero-order chi connectivity index (χ0) is 13.2. The molecule has 2 fully saturated rings. The summed E-state index contributed by atoms with van der Waals surface area (Å²) in [6, 6.07) is 0.463. The summed E-state index contributed by atoms with van der Waals surface area (Å²) >= 11 is 0. The molecule has 19 heavy (non-hydrogen) atoms. The molecule has 0 unspecified atom stereocenters. The second kappa shape index (κ2) is 5.33. The number of nitrogens with zero attached hydrogens (tertiary/aromatic N) is 4. The van der Waals surface area contributed by atoms with Crippen molar-refractivity contribution in [3.63, 3.8) is 0 Å². The molecule has 1 aromatic heterocycles. The second-order valence-corrected chi connectivity index (χ2v) is 5.74. The summed E-state index contributed by atoms with van der Waals surface area (Å²) < 4.78 is 2.01. The fourth-order valence-electron chi connectivity index (χ4n) is 2.93. The maximum absolute atomic E-state index is 12.0. The predicted octanol–water partition coefficient (Wildman–Crippen LogP) is 0.888. The zero-order valence-corrected chi connectivity index (χ0v) is 11.6. The first kappa shape index (κ1) is 12.7. The fourth-order valence-corrected chi connectivity index (χ4v) is 2.93. The molecule has 1 aromatic rings. The van der Waals surface area contributed by atoms with Crippen LogP contribution in [0, 0.1) is 6.92 Å². The van der Waals surface area contributed by atoms with Gasteiger partial charge in [-0.3, -0.25) is 14.4 Å². The molecule has 2 saturated heterocycles. The van der Waals surface area contributed by atoms with Crippen molar-refractivity contribution < 1.29 is 4.79 Å². The van der Waals surface area contributed by atoms with Crippen LogP contribution in [0.25, 0.3) is 0 Å². The Morgan fingerprint density at radius 1 is 1.37 bits per heavy atom. The number of carbonyl (C=O) groups excluding carboxylic acids is 1. The van der Waals surface area contributed by atoms with Crippen LogP contribution in [0.1, 0.15) is 24.8 Å². The molecule has 104 valence electrons. The minimum atomic E-state index is 0.301. The maximum atomic E-state index is 12.0. The van der Waals surface area contributed by atoms with E-state index < -0.39 is 0 Å². The van der Waals surface area contributed by atoms with E-state index in [9.17, 15) is 4.79 Å². The minimum Gasteiger partial charge on any atom is -0.341 e. The van der Waals surface area contributed by atoms with E-state index in [1.165, 1.54) is 24.8 Å². The van der Waals surface area contributed by atoms with Gasteiger partial charge in [-0.1, -0.05) is 0 Å². The Kier molecular flexibility index (Phi) is 3.55. The van der Waals surface area contributed by atoms with E-state index in [4.69, 9.17) is 0 Å². The van der Waals surface area contributed by atoms with Gasteiger partial charge in [-0.25, -0.2) is 0 Å². The quantitative estimate of drug-likeness (QED) is 0.809. The molecule has 3 heterocycles. The van der Waals surface area contributed by atoms with Crippen LogP contribution in [0.4, 0.5) is 0 Å². The number of likely N-dealkylation sites (tertiary alicyclic amines) is 2. The van der Waals surface area contributed by atoms with Gasteiger partial charge in [-0.2, -0.15) is 5.10 Å². The Morgan fingerprint density at radius 2 is 2.21 bits per heavy atom. The minimum absolute atomic E-state index is 0.301.